The molecule has 1 aliphatic carbocycles. The average Bonchev–Trinajstić information content (AvgIpc) is 2.73. The van der Waals surface area contributed by atoms with Crippen molar-refractivity contribution in [3.63, 3.8) is 0 Å². The fraction of sp³-hybridized carbons (Fsp3) is 0.538. The third kappa shape index (κ3) is 3.54. The maximum Gasteiger partial charge on any atom is 0.210 e. The fourth-order valence-electron chi connectivity index (χ4n) is 2.40. The number of rotatable bonds is 5. The summed E-state index contributed by atoms with van der Waals surface area (Å²) in [4.78, 5) is 0. The van der Waals surface area contributed by atoms with E-state index < -0.39 is 10.0 Å². The van der Waals surface area contributed by atoms with Crippen molar-refractivity contribution in [2.24, 2.45) is 5.14 Å². The quantitative estimate of drug-likeness (QED) is 0.840. The van der Waals surface area contributed by atoms with E-state index in [9.17, 15) is 8.42 Å². The highest BCUT2D eigenvalue weighted by molar-refractivity contribution is 7.89. The van der Waals surface area contributed by atoms with E-state index in [2.05, 4.69) is 23.5 Å². The van der Waals surface area contributed by atoms with Crippen LogP contribution in [-0.4, -0.2) is 20.7 Å². The zero-order valence-electron chi connectivity index (χ0n) is 10.6. The van der Waals surface area contributed by atoms with Crippen LogP contribution in [0.5, 0.6) is 0 Å². The molecule has 0 saturated heterocycles. The monoisotopic (exact) mass is 268 g/mol. The van der Waals surface area contributed by atoms with Crippen molar-refractivity contribution in [2.45, 2.75) is 32.2 Å². The van der Waals surface area contributed by atoms with Gasteiger partial charge in [-0.15, -0.1) is 0 Å². The van der Waals surface area contributed by atoms with Gasteiger partial charge in [-0.3, -0.25) is 0 Å². The van der Waals surface area contributed by atoms with Crippen molar-refractivity contribution >= 4 is 10.0 Å². The van der Waals surface area contributed by atoms with E-state index in [0.29, 0.717) is 6.54 Å². The maximum atomic E-state index is 10.8. The first-order valence-corrected chi connectivity index (χ1v) is 8.03. The van der Waals surface area contributed by atoms with Crippen LogP contribution in [-0.2, 0) is 22.9 Å². The topological polar surface area (TPSA) is 72.2 Å². The molecule has 0 heterocycles. The van der Waals surface area contributed by atoms with Crippen LogP contribution < -0.4 is 10.5 Å². The number of hydrogen-bond acceptors (Lipinski definition) is 3. The number of hydrogen-bond donors (Lipinski definition) is 2. The number of nitrogens with one attached hydrogen (secondary N) is 1. The molecule has 2 rings (SSSR count). The van der Waals surface area contributed by atoms with E-state index in [-0.39, 0.29) is 11.8 Å². The Labute approximate surface area is 109 Å². The number of fused-ring (bicyclic) bond motifs is 1. The zero-order chi connectivity index (χ0) is 13.2. The second-order valence-corrected chi connectivity index (χ2v) is 6.66. The van der Waals surface area contributed by atoms with Crippen molar-refractivity contribution in [3.8, 4) is 0 Å². The molecular formula is C13H20N2O2S. The van der Waals surface area contributed by atoms with Gasteiger partial charge in [0.1, 0.15) is 0 Å². The summed E-state index contributed by atoms with van der Waals surface area (Å²) in [5.41, 5.74) is 4.10. The largest absolute Gasteiger partial charge is 0.309 e. The molecule has 1 unspecified atom stereocenters. The van der Waals surface area contributed by atoms with E-state index in [4.69, 9.17) is 5.14 Å². The molecule has 0 aromatic heterocycles. The van der Waals surface area contributed by atoms with Crippen molar-refractivity contribution in [1.29, 1.82) is 0 Å². The van der Waals surface area contributed by atoms with E-state index in [0.717, 1.165) is 6.42 Å². The molecule has 0 fully saturated rings. The van der Waals surface area contributed by atoms with Crippen LogP contribution in [0.25, 0.3) is 0 Å². The summed E-state index contributed by atoms with van der Waals surface area (Å²) in [5, 5.41) is 8.15. The molecule has 0 amide bonds. The molecule has 0 aliphatic heterocycles. The third-order valence-corrected chi connectivity index (χ3v) is 4.23. The Hall–Kier alpha value is -0.910. The van der Waals surface area contributed by atoms with Gasteiger partial charge in [0.05, 0.1) is 5.75 Å². The van der Waals surface area contributed by atoms with Crippen molar-refractivity contribution in [2.75, 3.05) is 12.3 Å². The van der Waals surface area contributed by atoms with Crippen LogP contribution in [0.4, 0.5) is 0 Å². The fourth-order valence-corrected chi connectivity index (χ4v) is 2.80. The van der Waals surface area contributed by atoms with E-state index >= 15 is 0 Å². The summed E-state index contributed by atoms with van der Waals surface area (Å²) < 4.78 is 21.7. The van der Waals surface area contributed by atoms with Gasteiger partial charge in [0, 0.05) is 12.6 Å². The van der Waals surface area contributed by atoms with Crippen molar-refractivity contribution in [3.05, 3.63) is 34.9 Å². The maximum absolute atomic E-state index is 10.8. The highest BCUT2D eigenvalue weighted by Crippen LogP contribution is 2.25. The molecule has 5 heteroatoms. The second-order valence-electron chi connectivity index (χ2n) is 4.92. The van der Waals surface area contributed by atoms with Crippen LogP contribution >= 0.6 is 0 Å². The number of nitrogens with two attached hydrogens (primary N) is 1. The van der Waals surface area contributed by atoms with E-state index in [1.165, 1.54) is 29.5 Å². The second kappa shape index (κ2) is 5.38. The third-order valence-electron chi connectivity index (χ3n) is 3.46. The van der Waals surface area contributed by atoms with Gasteiger partial charge in [0.25, 0.3) is 0 Å². The van der Waals surface area contributed by atoms with Crippen molar-refractivity contribution < 1.29 is 8.42 Å². The van der Waals surface area contributed by atoms with Crippen LogP contribution in [0, 0.1) is 0 Å². The first kappa shape index (κ1) is 13.5. The molecule has 0 saturated carbocycles. The van der Waals surface area contributed by atoms with Gasteiger partial charge in [-0.2, -0.15) is 0 Å². The predicted molar refractivity (Wildman–Crippen MR) is 72.9 cm³/mol. The molecule has 0 radical (unpaired) electrons. The molecular weight excluding hydrogens is 248 g/mol. The lowest BCUT2D eigenvalue weighted by Crippen LogP contribution is -2.28. The Morgan fingerprint density at radius 1 is 1.33 bits per heavy atom. The van der Waals surface area contributed by atoms with Gasteiger partial charge >= 0.3 is 0 Å². The summed E-state index contributed by atoms with van der Waals surface area (Å²) in [6.07, 6.45) is 3.59. The molecule has 100 valence electrons. The minimum atomic E-state index is -3.37. The summed E-state index contributed by atoms with van der Waals surface area (Å²) >= 11 is 0. The van der Waals surface area contributed by atoms with Crippen LogP contribution in [0.2, 0.25) is 0 Å². The Morgan fingerprint density at radius 2 is 2.06 bits per heavy atom. The molecule has 3 N–H and O–H groups in total. The lowest BCUT2D eigenvalue weighted by molar-refractivity contribution is 0.573. The molecule has 1 aliphatic rings. The number of aryl methyl sites for hydroxylation is 2. The summed E-state index contributed by atoms with van der Waals surface area (Å²) in [7, 11) is -3.37. The molecule has 1 aromatic carbocycles. The standard InChI is InChI=1S/C13H20N2O2S/c1-10(15-7-8-18(14,16)17)12-6-5-11-3-2-4-13(11)9-12/h5-6,9-10,15H,2-4,7-8H2,1H3,(H2,14,16,17). The predicted octanol–water partition coefficient (Wildman–Crippen LogP) is 1.11. The Kier molecular flexibility index (Phi) is 4.04. The molecule has 1 atom stereocenters. The number of primary sulfonamides is 1. The minimum absolute atomic E-state index is 0.0255. The van der Waals surface area contributed by atoms with Crippen LogP contribution in [0.15, 0.2) is 18.2 Å². The van der Waals surface area contributed by atoms with E-state index in [1.54, 1.807) is 0 Å². The molecule has 1 aromatic rings. The summed E-state index contributed by atoms with van der Waals surface area (Å²) in [6.45, 7) is 2.43. The molecule has 0 spiro atoms. The number of sulfonamides is 1. The van der Waals surface area contributed by atoms with Gasteiger partial charge in [-0.05, 0) is 42.9 Å². The SMILES string of the molecule is CC(NCCS(N)(=O)=O)c1ccc2c(c1)CCC2. The highest BCUT2D eigenvalue weighted by Gasteiger charge is 2.13. The Morgan fingerprint density at radius 3 is 2.78 bits per heavy atom. The van der Waals surface area contributed by atoms with Crippen molar-refractivity contribution in [1.82, 2.24) is 5.32 Å². The van der Waals surface area contributed by atoms with Crippen LogP contribution in [0.1, 0.15) is 36.1 Å². The lowest BCUT2D eigenvalue weighted by Gasteiger charge is -2.15. The number of benzene rings is 1. The molecule has 0 bridgehead atoms. The van der Waals surface area contributed by atoms with Gasteiger partial charge in [-0.1, -0.05) is 18.2 Å². The van der Waals surface area contributed by atoms with Gasteiger partial charge < -0.3 is 5.32 Å². The normalized spacial score (nSPS) is 16.6. The first-order chi connectivity index (χ1) is 8.46. The smallest absolute Gasteiger partial charge is 0.210 e. The highest BCUT2D eigenvalue weighted by atomic mass is 32.2. The summed E-state index contributed by atoms with van der Waals surface area (Å²) in [6, 6.07) is 6.70. The summed E-state index contributed by atoms with van der Waals surface area (Å²) in [5.74, 6) is -0.0255. The van der Waals surface area contributed by atoms with Gasteiger partial charge in [0.15, 0.2) is 0 Å². The zero-order valence-corrected chi connectivity index (χ0v) is 11.5. The Bertz CT molecular complexity index is 526. The Balaban J connectivity index is 1.95. The van der Waals surface area contributed by atoms with Gasteiger partial charge in [-0.25, -0.2) is 13.6 Å². The minimum Gasteiger partial charge on any atom is -0.309 e. The van der Waals surface area contributed by atoms with Gasteiger partial charge in [0.2, 0.25) is 10.0 Å². The molecule has 18 heavy (non-hydrogen) atoms. The lowest BCUT2D eigenvalue weighted by atomic mass is 10.0. The average molecular weight is 268 g/mol. The molecule has 4 nitrogen and oxygen atoms in total. The first-order valence-electron chi connectivity index (χ1n) is 6.31. The van der Waals surface area contributed by atoms with Crippen LogP contribution in [0.3, 0.4) is 0 Å². The van der Waals surface area contributed by atoms with E-state index in [1.807, 2.05) is 6.92 Å².